The molecule has 0 spiro atoms. The summed E-state index contributed by atoms with van der Waals surface area (Å²) in [4.78, 5) is 51.5. The summed E-state index contributed by atoms with van der Waals surface area (Å²) in [5, 5.41) is 12.0. The lowest BCUT2D eigenvalue weighted by Gasteiger charge is -2.26. The van der Waals surface area contributed by atoms with Gasteiger partial charge in [0.05, 0.1) is 17.2 Å². The molecule has 8 nitrogen and oxygen atoms in total. The summed E-state index contributed by atoms with van der Waals surface area (Å²) in [7, 11) is 0. The molecule has 0 radical (unpaired) electrons. The van der Waals surface area contributed by atoms with Crippen LogP contribution in [-0.4, -0.2) is 46.8 Å². The Morgan fingerprint density at radius 1 is 1.17 bits per heavy atom. The van der Waals surface area contributed by atoms with Crippen LogP contribution in [0.4, 0.5) is 0 Å². The van der Waals surface area contributed by atoms with Gasteiger partial charge in [0.2, 0.25) is 0 Å². The lowest BCUT2D eigenvalue weighted by atomic mass is 10.00. The molecule has 1 aromatic rings. The van der Waals surface area contributed by atoms with E-state index in [0.29, 0.717) is 12.8 Å². The van der Waals surface area contributed by atoms with Crippen LogP contribution in [0.15, 0.2) is 24.3 Å². The molecule has 158 valence electrons. The van der Waals surface area contributed by atoms with E-state index in [1.54, 1.807) is 24.3 Å². The minimum Gasteiger partial charge on any atom is -0.454 e. The minimum atomic E-state index is -1.12. The first-order valence-corrected chi connectivity index (χ1v) is 10.1. The number of nitriles is 1. The first kappa shape index (κ1) is 21.5. The molecule has 1 aliphatic heterocycles. The zero-order valence-corrected chi connectivity index (χ0v) is 17.1. The predicted molar refractivity (Wildman–Crippen MR) is 106 cm³/mol. The van der Waals surface area contributed by atoms with E-state index < -0.39 is 41.9 Å². The number of carbonyl (C=O) groups is 4. The van der Waals surface area contributed by atoms with Gasteiger partial charge >= 0.3 is 5.97 Å². The van der Waals surface area contributed by atoms with Crippen LogP contribution >= 0.6 is 0 Å². The second kappa shape index (κ2) is 8.66. The van der Waals surface area contributed by atoms with E-state index in [1.807, 2.05) is 13.8 Å². The van der Waals surface area contributed by atoms with Crippen molar-refractivity contribution in [2.24, 2.45) is 5.92 Å². The average Bonchev–Trinajstić information content (AvgIpc) is 3.28. The van der Waals surface area contributed by atoms with Gasteiger partial charge in [0.1, 0.15) is 11.6 Å². The number of fused-ring (bicyclic) bond motifs is 1. The van der Waals surface area contributed by atoms with Crippen LogP contribution in [0.2, 0.25) is 0 Å². The number of benzene rings is 1. The molecule has 30 heavy (non-hydrogen) atoms. The molecular formula is C22H25N3O5. The number of imide groups is 1. The molecule has 1 aliphatic carbocycles. The minimum absolute atomic E-state index is 0.000959. The van der Waals surface area contributed by atoms with E-state index in [2.05, 4.69) is 11.4 Å². The molecule has 0 unspecified atom stereocenters. The maximum Gasteiger partial charge on any atom is 0.329 e. The van der Waals surface area contributed by atoms with E-state index in [1.165, 1.54) is 0 Å². The molecule has 1 fully saturated rings. The Kier molecular flexibility index (Phi) is 6.20. The maximum absolute atomic E-state index is 12.8. The van der Waals surface area contributed by atoms with Crippen LogP contribution < -0.4 is 5.32 Å². The highest BCUT2D eigenvalue weighted by atomic mass is 16.5. The summed E-state index contributed by atoms with van der Waals surface area (Å²) in [6.45, 7) is 3.16. The highest BCUT2D eigenvalue weighted by Crippen LogP contribution is 2.29. The number of nitrogens with zero attached hydrogens (tertiary/aromatic N) is 2. The van der Waals surface area contributed by atoms with Crippen LogP contribution in [0.5, 0.6) is 0 Å². The first-order chi connectivity index (χ1) is 14.3. The number of amides is 3. The zero-order valence-electron chi connectivity index (χ0n) is 17.1. The number of ether oxygens (including phenoxy) is 1. The molecule has 3 rings (SSSR count). The molecule has 0 bridgehead atoms. The van der Waals surface area contributed by atoms with Gasteiger partial charge in [-0.25, -0.2) is 4.79 Å². The molecule has 1 aromatic carbocycles. The van der Waals surface area contributed by atoms with Gasteiger partial charge in [-0.3, -0.25) is 19.3 Å². The topological polar surface area (TPSA) is 117 Å². The number of carbonyl (C=O) groups excluding carboxylic acids is 4. The van der Waals surface area contributed by atoms with E-state index in [0.717, 1.165) is 17.7 Å². The third-order valence-corrected chi connectivity index (χ3v) is 5.50. The normalized spacial score (nSPS) is 18.1. The van der Waals surface area contributed by atoms with Crippen molar-refractivity contribution in [3.8, 4) is 6.07 Å². The summed E-state index contributed by atoms with van der Waals surface area (Å²) in [5.41, 5.74) is -0.415. The van der Waals surface area contributed by atoms with Gasteiger partial charge in [-0.2, -0.15) is 5.26 Å². The Balaban J connectivity index is 1.69. The molecule has 1 saturated carbocycles. The van der Waals surface area contributed by atoms with Gasteiger partial charge in [0.15, 0.2) is 6.61 Å². The lowest BCUT2D eigenvalue weighted by Crippen LogP contribution is -2.49. The number of nitrogens with one attached hydrogen (secondary N) is 1. The fourth-order valence-electron chi connectivity index (χ4n) is 4.02. The SMILES string of the molecule is CC(C)C[C@@H](C(=O)OCC(=O)NC1(C#N)CCCC1)N1C(=O)c2ccccc2C1=O. The van der Waals surface area contributed by atoms with Gasteiger partial charge in [0.25, 0.3) is 17.7 Å². The van der Waals surface area contributed by atoms with Gasteiger partial charge in [-0.05, 0) is 50.2 Å². The largest absolute Gasteiger partial charge is 0.454 e. The molecule has 1 heterocycles. The van der Waals surface area contributed by atoms with Crippen molar-refractivity contribution in [1.82, 2.24) is 10.2 Å². The summed E-state index contributed by atoms with van der Waals surface area (Å²) < 4.78 is 5.17. The van der Waals surface area contributed by atoms with Crippen LogP contribution in [0.1, 0.15) is 66.7 Å². The van der Waals surface area contributed by atoms with Crippen molar-refractivity contribution >= 4 is 23.7 Å². The van der Waals surface area contributed by atoms with E-state index >= 15 is 0 Å². The number of rotatable bonds is 7. The second-order valence-corrected chi connectivity index (χ2v) is 8.23. The predicted octanol–water partition coefficient (Wildman–Crippen LogP) is 2.19. The highest BCUT2D eigenvalue weighted by Gasteiger charge is 2.43. The molecule has 0 saturated heterocycles. The van der Waals surface area contributed by atoms with Gasteiger partial charge in [-0.15, -0.1) is 0 Å². The van der Waals surface area contributed by atoms with Crippen molar-refractivity contribution in [2.75, 3.05) is 6.61 Å². The third kappa shape index (κ3) is 4.20. The zero-order chi connectivity index (χ0) is 21.9. The van der Waals surface area contributed by atoms with Gasteiger partial charge < -0.3 is 10.1 Å². The van der Waals surface area contributed by atoms with Crippen molar-refractivity contribution < 1.29 is 23.9 Å². The standard InChI is InChI=1S/C22H25N3O5/c1-14(2)11-17(25-19(27)15-7-3-4-8-16(15)20(25)28)21(29)30-12-18(26)24-22(13-23)9-5-6-10-22/h3-4,7-8,14,17H,5-6,9-12H2,1-2H3,(H,24,26)/t17-/m0/s1. The number of hydrogen-bond donors (Lipinski definition) is 1. The fourth-order valence-corrected chi connectivity index (χ4v) is 4.02. The van der Waals surface area contributed by atoms with Crippen molar-refractivity contribution in [1.29, 1.82) is 5.26 Å². The monoisotopic (exact) mass is 411 g/mol. The Labute approximate surface area is 175 Å². The molecule has 1 N–H and O–H groups in total. The number of esters is 1. The first-order valence-electron chi connectivity index (χ1n) is 10.1. The summed E-state index contributed by atoms with van der Waals surface area (Å²) in [6, 6.07) is 7.42. The third-order valence-electron chi connectivity index (χ3n) is 5.50. The van der Waals surface area contributed by atoms with Crippen LogP contribution in [0, 0.1) is 17.2 Å². The second-order valence-electron chi connectivity index (χ2n) is 8.23. The van der Waals surface area contributed by atoms with Gasteiger partial charge in [0, 0.05) is 0 Å². The number of hydrogen-bond acceptors (Lipinski definition) is 6. The molecule has 8 heteroatoms. The van der Waals surface area contributed by atoms with Gasteiger partial charge in [-0.1, -0.05) is 26.0 Å². The maximum atomic E-state index is 12.8. The molecule has 2 aliphatic rings. The van der Waals surface area contributed by atoms with E-state index in [-0.39, 0.29) is 23.5 Å². The van der Waals surface area contributed by atoms with Crippen LogP contribution in [0.3, 0.4) is 0 Å². The highest BCUT2D eigenvalue weighted by molar-refractivity contribution is 6.22. The average molecular weight is 411 g/mol. The van der Waals surface area contributed by atoms with Crippen molar-refractivity contribution in [2.45, 2.75) is 57.5 Å². The molecule has 1 atom stereocenters. The van der Waals surface area contributed by atoms with E-state index in [9.17, 15) is 24.4 Å². The summed E-state index contributed by atoms with van der Waals surface area (Å²) in [5.74, 6) is -2.47. The van der Waals surface area contributed by atoms with E-state index in [4.69, 9.17) is 4.74 Å². The summed E-state index contributed by atoms with van der Waals surface area (Å²) in [6.07, 6.45) is 3.05. The molecule has 0 aromatic heterocycles. The Hall–Kier alpha value is -3.21. The Morgan fingerprint density at radius 3 is 2.23 bits per heavy atom. The Morgan fingerprint density at radius 2 is 1.73 bits per heavy atom. The quantitative estimate of drug-likeness (QED) is 0.543. The van der Waals surface area contributed by atoms with Crippen LogP contribution in [-0.2, 0) is 14.3 Å². The molecule has 3 amide bonds. The lowest BCUT2D eigenvalue weighted by molar-refractivity contribution is -0.153. The van der Waals surface area contributed by atoms with Crippen molar-refractivity contribution in [3.05, 3.63) is 35.4 Å². The smallest absolute Gasteiger partial charge is 0.329 e. The van der Waals surface area contributed by atoms with Crippen molar-refractivity contribution in [3.63, 3.8) is 0 Å². The van der Waals surface area contributed by atoms with Crippen LogP contribution in [0.25, 0.3) is 0 Å². The Bertz CT molecular complexity index is 877. The molecular weight excluding hydrogens is 386 g/mol. The fraction of sp³-hybridized carbons (Fsp3) is 0.500. The summed E-state index contributed by atoms with van der Waals surface area (Å²) >= 11 is 0.